The normalized spacial score (nSPS) is 12.8. The molecule has 0 fully saturated rings. The van der Waals surface area contributed by atoms with Gasteiger partial charge < -0.3 is 9.84 Å². The van der Waals surface area contributed by atoms with Crippen LogP contribution in [0.2, 0.25) is 0 Å². The Morgan fingerprint density at radius 3 is 2.88 bits per heavy atom. The fourth-order valence-corrected chi connectivity index (χ4v) is 2.29. The Hall–Kier alpha value is -1.40. The summed E-state index contributed by atoms with van der Waals surface area (Å²) in [5, 5.41) is 16.8. The Labute approximate surface area is 97.3 Å². The molecule has 1 unspecified atom stereocenters. The fourth-order valence-electron chi connectivity index (χ4n) is 1.51. The third-order valence-corrected chi connectivity index (χ3v) is 3.31. The van der Waals surface area contributed by atoms with Crippen LogP contribution in [0.25, 0.3) is 0 Å². The van der Waals surface area contributed by atoms with Gasteiger partial charge in [-0.2, -0.15) is 5.10 Å². The van der Waals surface area contributed by atoms with E-state index in [0.717, 1.165) is 5.69 Å². The molecular weight excluding hydrogens is 226 g/mol. The highest BCUT2D eigenvalue weighted by molar-refractivity contribution is 7.09. The molecule has 0 saturated heterocycles. The quantitative estimate of drug-likeness (QED) is 0.876. The molecule has 6 heteroatoms. The minimum atomic E-state index is -0.791. The number of rotatable bonds is 3. The molecule has 0 aliphatic carbocycles. The van der Waals surface area contributed by atoms with Crippen molar-refractivity contribution in [2.75, 3.05) is 7.11 Å². The maximum atomic E-state index is 10.2. The van der Waals surface area contributed by atoms with E-state index in [4.69, 9.17) is 4.74 Å². The first-order valence-corrected chi connectivity index (χ1v) is 5.67. The molecule has 86 valence electrons. The zero-order valence-corrected chi connectivity index (χ0v) is 10.2. The number of hydrogen-bond donors (Lipinski definition) is 1. The number of aliphatic hydroxyl groups is 1. The predicted molar refractivity (Wildman–Crippen MR) is 60.7 cm³/mol. The molecule has 2 aromatic rings. The summed E-state index contributed by atoms with van der Waals surface area (Å²) in [4.78, 5) is 4.25. The Bertz CT molecular complexity index is 492. The van der Waals surface area contributed by atoms with Crippen molar-refractivity contribution in [1.82, 2.24) is 14.8 Å². The molecule has 0 amide bonds. The van der Waals surface area contributed by atoms with Gasteiger partial charge in [-0.1, -0.05) is 0 Å². The van der Waals surface area contributed by atoms with E-state index in [0.29, 0.717) is 16.5 Å². The van der Waals surface area contributed by atoms with Crippen molar-refractivity contribution in [1.29, 1.82) is 0 Å². The van der Waals surface area contributed by atoms with Crippen LogP contribution in [0.3, 0.4) is 0 Å². The molecule has 0 spiro atoms. The molecule has 2 heterocycles. The van der Waals surface area contributed by atoms with Gasteiger partial charge in [0.25, 0.3) is 0 Å². The molecule has 0 radical (unpaired) electrons. The first-order valence-electron chi connectivity index (χ1n) is 4.79. The van der Waals surface area contributed by atoms with Gasteiger partial charge in [-0.25, -0.2) is 4.98 Å². The summed E-state index contributed by atoms with van der Waals surface area (Å²) in [6.07, 6.45) is 0.792. The van der Waals surface area contributed by atoms with Gasteiger partial charge in [0.05, 0.1) is 13.3 Å². The number of ether oxygens (including phenoxy) is 1. The summed E-state index contributed by atoms with van der Waals surface area (Å²) in [6.45, 7) is 1.90. The van der Waals surface area contributed by atoms with E-state index >= 15 is 0 Å². The van der Waals surface area contributed by atoms with Gasteiger partial charge in [-0.15, -0.1) is 11.3 Å². The fraction of sp³-hybridized carbons (Fsp3) is 0.400. The number of nitrogens with zero attached hydrogens (tertiary/aromatic N) is 3. The Balaban J connectivity index is 2.40. The topological polar surface area (TPSA) is 60.2 Å². The summed E-state index contributed by atoms with van der Waals surface area (Å²) >= 11 is 1.43. The van der Waals surface area contributed by atoms with Crippen LogP contribution in [0.5, 0.6) is 5.75 Å². The molecule has 1 N–H and O–H groups in total. The second kappa shape index (κ2) is 4.23. The molecule has 2 aromatic heterocycles. The number of hydrogen-bond acceptors (Lipinski definition) is 5. The zero-order chi connectivity index (χ0) is 11.7. The van der Waals surface area contributed by atoms with Crippen molar-refractivity contribution in [2.24, 2.45) is 7.05 Å². The minimum absolute atomic E-state index is 0.572. The van der Waals surface area contributed by atoms with E-state index in [1.165, 1.54) is 11.3 Å². The van der Waals surface area contributed by atoms with Gasteiger partial charge in [-0.05, 0) is 6.92 Å². The highest BCUT2D eigenvalue weighted by Crippen LogP contribution is 2.30. The predicted octanol–water partition coefficient (Wildman–Crippen LogP) is 1.28. The molecule has 16 heavy (non-hydrogen) atoms. The molecule has 0 aromatic carbocycles. The number of aryl methyl sites for hydroxylation is 2. The zero-order valence-electron chi connectivity index (χ0n) is 9.34. The lowest BCUT2D eigenvalue weighted by Gasteiger charge is -2.10. The Morgan fingerprint density at radius 1 is 1.56 bits per heavy atom. The van der Waals surface area contributed by atoms with Crippen LogP contribution in [-0.4, -0.2) is 27.0 Å². The van der Waals surface area contributed by atoms with E-state index in [2.05, 4.69) is 10.1 Å². The maximum absolute atomic E-state index is 10.2. The van der Waals surface area contributed by atoms with Crippen LogP contribution >= 0.6 is 11.3 Å². The second-order valence-corrected chi connectivity index (χ2v) is 4.34. The molecule has 0 bridgehead atoms. The molecule has 2 rings (SSSR count). The molecule has 0 saturated carbocycles. The summed E-state index contributed by atoms with van der Waals surface area (Å²) in [5.41, 5.74) is 1.53. The van der Waals surface area contributed by atoms with Crippen molar-refractivity contribution in [3.63, 3.8) is 0 Å². The highest BCUT2D eigenvalue weighted by atomic mass is 32.1. The molecular formula is C10H13N3O2S. The largest absolute Gasteiger partial charge is 0.493 e. The van der Waals surface area contributed by atoms with Crippen LogP contribution in [0.4, 0.5) is 0 Å². The first-order chi connectivity index (χ1) is 7.63. The van der Waals surface area contributed by atoms with Crippen molar-refractivity contribution < 1.29 is 9.84 Å². The third-order valence-electron chi connectivity index (χ3n) is 2.30. The van der Waals surface area contributed by atoms with Crippen LogP contribution < -0.4 is 4.74 Å². The van der Waals surface area contributed by atoms with Crippen molar-refractivity contribution in [3.05, 3.63) is 28.0 Å². The van der Waals surface area contributed by atoms with Crippen LogP contribution in [0.1, 0.15) is 22.5 Å². The average molecular weight is 239 g/mol. The van der Waals surface area contributed by atoms with Gasteiger partial charge in [0, 0.05) is 18.1 Å². The lowest BCUT2D eigenvalue weighted by molar-refractivity contribution is 0.203. The van der Waals surface area contributed by atoms with Crippen molar-refractivity contribution >= 4 is 11.3 Å². The second-order valence-electron chi connectivity index (χ2n) is 3.45. The van der Waals surface area contributed by atoms with Crippen LogP contribution in [-0.2, 0) is 7.05 Å². The standard InChI is InChI=1S/C10H13N3O2S/c1-6-5-16-10(12-6)9(14)8-7(15-3)4-11-13(8)2/h4-5,9,14H,1-3H3. The summed E-state index contributed by atoms with van der Waals surface area (Å²) in [5.74, 6) is 0.572. The van der Waals surface area contributed by atoms with E-state index < -0.39 is 6.10 Å². The van der Waals surface area contributed by atoms with E-state index in [-0.39, 0.29) is 0 Å². The Kier molecular flexibility index (Phi) is 2.93. The summed E-state index contributed by atoms with van der Waals surface area (Å²) < 4.78 is 6.75. The van der Waals surface area contributed by atoms with Crippen molar-refractivity contribution in [2.45, 2.75) is 13.0 Å². The van der Waals surface area contributed by atoms with Gasteiger partial charge in [-0.3, -0.25) is 4.68 Å². The monoisotopic (exact) mass is 239 g/mol. The lowest BCUT2D eigenvalue weighted by Crippen LogP contribution is -2.07. The number of aromatic nitrogens is 3. The molecule has 1 atom stereocenters. The van der Waals surface area contributed by atoms with E-state index in [9.17, 15) is 5.11 Å². The third kappa shape index (κ3) is 1.81. The number of thiazole rings is 1. The SMILES string of the molecule is COc1cnn(C)c1C(O)c1nc(C)cs1. The van der Waals surface area contributed by atoms with E-state index in [1.54, 1.807) is 25.0 Å². The van der Waals surface area contributed by atoms with E-state index in [1.807, 2.05) is 12.3 Å². The smallest absolute Gasteiger partial charge is 0.163 e. The maximum Gasteiger partial charge on any atom is 0.163 e. The van der Waals surface area contributed by atoms with Gasteiger partial charge in [0.15, 0.2) is 11.9 Å². The number of aliphatic hydroxyl groups excluding tert-OH is 1. The molecule has 5 nitrogen and oxygen atoms in total. The van der Waals surface area contributed by atoms with Crippen molar-refractivity contribution in [3.8, 4) is 5.75 Å². The van der Waals surface area contributed by atoms with Gasteiger partial charge in [0.2, 0.25) is 0 Å². The Morgan fingerprint density at radius 2 is 2.31 bits per heavy atom. The summed E-state index contributed by atoms with van der Waals surface area (Å²) in [7, 11) is 3.32. The number of methoxy groups -OCH3 is 1. The molecule has 0 aliphatic rings. The van der Waals surface area contributed by atoms with Crippen LogP contribution in [0.15, 0.2) is 11.6 Å². The first kappa shape index (κ1) is 11.1. The van der Waals surface area contributed by atoms with Gasteiger partial charge in [0.1, 0.15) is 10.7 Å². The average Bonchev–Trinajstić information content (AvgIpc) is 2.83. The minimum Gasteiger partial charge on any atom is -0.493 e. The van der Waals surface area contributed by atoms with Crippen LogP contribution in [0, 0.1) is 6.92 Å². The lowest BCUT2D eigenvalue weighted by atomic mass is 10.2. The summed E-state index contributed by atoms with van der Waals surface area (Å²) in [6, 6.07) is 0. The highest BCUT2D eigenvalue weighted by Gasteiger charge is 2.22. The van der Waals surface area contributed by atoms with Gasteiger partial charge >= 0.3 is 0 Å². The molecule has 0 aliphatic heterocycles.